The highest BCUT2D eigenvalue weighted by atomic mass is 16.3. The van der Waals surface area contributed by atoms with Crippen LogP contribution in [0.1, 0.15) is 41.5 Å². The maximum atomic E-state index is 5.48. The Balaban J connectivity index is 1.70. The van der Waals surface area contributed by atoms with Gasteiger partial charge in [-0.15, -0.1) is 0 Å². The molecule has 0 aliphatic heterocycles. The van der Waals surface area contributed by atoms with Crippen LogP contribution >= 0.6 is 0 Å². The molecule has 3 heteroatoms. The van der Waals surface area contributed by atoms with Crippen molar-refractivity contribution in [3.8, 4) is 0 Å². The van der Waals surface area contributed by atoms with Crippen LogP contribution in [0.5, 0.6) is 0 Å². The molecule has 2 heterocycles. The Labute approximate surface area is 101 Å². The third kappa shape index (κ3) is 2.03. The zero-order valence-corrected chi connectivity index (χ0v) is 10.0. The molecule has 3 rings (SSSR count). The molecule has 0 amide bonds. The Morgan fingerprint density at radius 1 is 1.29 bits per heavy atom. The second-order valence-corrected chi connectivity index (χ2v) is 4.65. The number of rotatable bonds is 3. The minimum Gasteiger partial charge on any atom is -0.469 e. The molecule has 17 heavy (non-hydrogen) atoms. The van der Waals surface area contributed by atoms with Crippen molar-refractivity contribution in [3.05, 3.63) is 47.3 Å². The maximum absolute atomic E-state index is 5.48. The summed E-state index contributed by atoms with van der Waals surface area (Å²) >= 11 is 0. The van der Waals surface area contributed by atoms with Crippen molar-refractivity contribution in [3.63, 3.8) is 0 Å². The molecule has 1 unspecified atom stereocenters. The topological polar surface area (TPSA) is 38.3 Å². The molecule has 1 aliphatic rings. The lowest BCUT2D eigenvalue weighted by Gasteiger charge is -2.22. The van der Waals surface area contributed by atoms with E-state index in [9.17, 15) is 0 Å². The minimum atomic E-state index is 0.405. The molecule has 0 fully saturated rings. The van der Waals surface area contributed by atoms with Crippen molar-refractivity contribution < 1.29 is 8.83 Å². The first-order chi connectivity index (χ1) is 8.34. The van der Waals surface area contributed by atoms with Crippen LogP contribution in [0.2, 0.25) is 0 Å². The van der Waals surface area contributed by atoms with Gasteiger partial charge < -0.3 is 14.2 Å². The molecule has 3 nitrogen and oxygen atoms in total. The molecule has 1 aliphatic carbocycles. The lowest BCUT2D eigenvalue weighted by molar-refractivity contribution is 0.391. The molecular weight excluding hydrogens is 214 g/mol. The Kier molecular flexibility index (Phi) is 2.77. The predicted octanol–water partition coefficient (Wildman–Crippen LogP) is 3.35. The first-order valence-electron chi connectivity index (χ1n) is 6.17. The maximum Gasteiger partial charge on any atom is 0.120 e. The summed E-state index contributed by atoms with van der Waals surface area (Å²) in [6.07, 6.45) is 6.97. The zero-order valence-electron chi connectivity index (χ0n) is 10.0. The van der Waals surface area contributed by atoms with Crippen LogP contribution < -0.4 is 5.32 Å². The van der Waals surface area contributed by atoms with Crippen molar-refractivity contribution in [2.75, 3.05) is 0 Å². The number of furan rings is 2. The SMILES string of the molecule is Cc1ccoc1CNC1CCCc2occc21. The van der Waals surface area contributed by atoms with E-state index in [0.29, 0.717) is 6.04 Å². The van der Waals surface area contributed by atoms with Gasteiger partial charge >= 0.3 is 0 Å². The van der Waals surface area contributed by atoms with E-state index in [1.54, 1.807) is 12.5 Å². The van der Waals surface area contributed by atoms with Gasteiger partial charge in [0, 0.05) is 18.0 Å². The molecule has 0 aromatic carbocycles. The highest BCUT2D eigenvalue weighted by Crippen LogP contribution is 2.30. The smallest absolute Gasteiger partial charge is 0.120 e. The van der Waals surface area contributed by atoms with Gasteiger partial charge in [0.2, 0.25) is 0 Å². The highest BCUT2D eigenvalue weighted by Gasteiger charge is 2.22. The third-order valence-electron chi connectivity index (χ3n) is 3.53. The van der Waals surface area contributed by atoms with Gasteiger partial charge in [0.25, 0.3) is 0 Å². The average molecular weight is 231 g/mol. The summed E-state index contributed by atoms with van der Waals surface area (Å²) in [5.41, 5.74) is 2.53. The van der Waals surface area contributed by atoms with E-state index in [-0.39, 0.29) is 0 Å². The lowest BCUT2D eigenvalue weighted by Crippen LogP contribution is -2.24. The number of fused-ring (bicyclic) bond motifs is 1. The average Bonchev–Trinajstić information content (AvgIpc) is 2.95. The normalized spacial score (nSPS) is 19.2. The Bertz CT molecular complexity index is 498. The summed E-state index contributed by atoms with van der Waals surface area (Å²) in [7, 11) is 0. The van der Waals surface area contributed by atoms with Gasteiger partial charge in [-0.25, -0.2) is 0 Å². The molecule has 2 aromatic heterocycles. The van der Waals surface area contributed by atoms with Crippen molar-refractivity contribution in [1.82, 2.24) is 5.32 Å². The van der Waals surface area contributed by atoms with Crippen LogP contribution in [0.15, 0.2) is 33.5 Å². The summed E-state index contributed by atoms with van der Waals surface area (Å²) in [4.78, 5) is 0. The molecule has 0 spiro atoms. The van der Waals surface area contributed by atoms with Gasteiger partial charge in [-0.3, -0.25) is 0 Å². The third-order valence-corrected chi connectivity index (χ3v) is 3.53. The van der Waals surface area contributed by atoms with Gasteiger partial charge in [0.05, 0.1) is 19.1 Å². The molecule has 90 valence electrons. The van der Waals surface area contributed by atoms with E-state index in [1.165, 1.54) is 24.0 Å². The number of nitrogens with one attached hydrogen (secondary N) is 1. The predicted molar refractivity (Wildman–Crippen MR) is 64.7 cm³/mol. The van der Waals surface area contributed by atoms with Gasteiger partial charge in [0.15, 0.2) is 0 Å². The molecular formula is C14H17NO2. The fourth-order valence-corrected chi connectivity index (χ4v) is 2.50. The molecule has 0 bridgehead atoms. The first kappa shape index (κ1) is 10.7. The van der Waals surface area contributed by atoms with Crippen molar-refractivity contribution >= 4 is 0 Å². The molecule has 2 aromatic rings. The van der Waals surface area contributed by atoms with E-state index < -0.39 is 0 Å². The first-order valence-corrected chi connectivity index (χ1v) is 6.17. The Morgan fingerprint density at radius 2 is 2.18 bits per heavy atom. The van der Waals surface area contributed by atoms with Crippen LogP contribution in [0.3, 0.4) is 0 Å². The van der Waals surface area contributed by atoms with Crippen LogP contribution in [-0.4, -0.2) is 0 Å². The van der Waals surface area contributed by atoms with Crippen LogP contribution in [0.25, 0.3) is 0 Å². The van der Waals surface area contributed by atoms with Gasteiger partial charge in [-0.05, 0) is 37.5 Å². The van der Waals surface area contributed by atoms with Gasteiger partial charge in [-0.1, -0.05) is 0 Å². The van der Waals surface area contributed by atoms with Gasteiger partial charge in [-0.2, -0.15) is 0 Å². The van der Waals surface area contributed by atoms with Crippen molar-refractivity contribution in [2.45, 2.75) is 38.8 Å². The van der Waals surface area contributed by atoms with E-state index >= 15 is 0 Å². The van der Waals surface area contributed by atoms with E-state index in [4.69, 9.17) is 8.83 Å². The monoisotopic (exact) mass is 231 g/mol. The van der Waals surface area contributed by atoms with Crippen molar-refractivity contribution in [1.29, 1.82) is 0 Å². The minimum absolute atomic E-state index is 0.405. The van der Waals surface area contributed by atoms with E-state index in [2.05, 4.69) is 18.3 Å². The number of aryl methyl sites for hydroxylation is 2. The quantitative estimate of drug-likeness (QED) is 0.880. The Hall–Kier alpha value is -1.48. The van der Waals surface area contributed by atoms with E-state index in [0.717, 1.165) is 24.5 Å². The second kappa shape index (κ2) is 4.41. The van der Waals surface area contributed by atoms with E-state index in [1.807, 2.05) is 6.07 Å². The van der Waals surface area contributed by atoms with Gasteiger partial charge in [0.1, 0.15) is 11.5 Å². The van der Waals surface area contributed by atoms with Crippen LogP contribution in [0, 0.1) is 6.92 Å². The molecule has 1 N–H and O–H groups in total. The van der Waals surface area contributed by atoms with Crippen LogP contribution in [0.4, 0.5) is 0 Å². The number of hydrogen-bond donors (Lipinski definition) is 1. The summed E-state index contributed by atoms with van der Waals surface area (Å²) < 4.78 is 10.9. The zero-order chi connectivity index (χ0) is 11.7. The van der Waals surface area contributed by atoms with Crippen LogP contribution in [-0.2, 0) is 13.0 Å². The fraction of sp³-hybridized carbons (Fsp3) is 0.429. The fourth-order valence-electron chi connectivity index (χ4n) is 2.50. The second-order valence-electron chi connectivity index (χ2n) is 4.65. The molecule has 0 saturated heterocycles. The highest BCUT2D eigenvalue weighted by molar-refractivity contribution is 5.24. The standard InChI is InChI=1S/C14H17NO2/c1-10-5-7-17-14(10)9-15-12-3-2-4-13-11(12)6-8-16-13/h5-8,12,15H,2-4,9H2,1H3. The number of hydrogen-bond acceptors (Lipinski definition) is 3. The summed E-state index contributed by atoms with van der Waals surface area (Å²) in [5, 5.41) is 3.55. The molecule has 0 radical (unpaired) electrons. The lowest BCUT2D eigenvalue weighted by atomic mass is 9.93. The summed E-state index contributed by atoms with van der Waals surface area (Å²) in [6.45, 7) is 2.86. The Morgan fingerprint density at radius 3 is 3.00 bits per heavy atom. The molecule has 0 saturated carbocycles. The summed E-state index contributed by atoms with van der Waals surface area (Å²) in [6, 6.07) is 4.49. The molecule has 1 atom stereocenters. The largest absolute Gasteiger partial charge is 0.469 e. The summed E-state index contributed by atoms with van der Waals surface area (Å²) in [5.74, 6) is 2.17. The van der Waals surface area contributed by atoms with Crippen molar-refractivity contribution in [2.24, 2.45) is 0 Å².